The van der Waals surface area contributed by atoms with E-state index in [1.165, 1.54) is 77.0 Å². The second kappa shape index (κ2) is 60.1. The Morgan fingerprint density at radius 2 is 0.548 bits per heavy atom. The molecule has 0 aromatic heterocycles. The van der Waals surface area contributed by atoms with Gasteiger partial charge in [0.25, 0.3) is 0 Å². The number of carbonyl (C=O) groups excluding carboxylic acids is 3. The highest BCUT2D eigenvalue weighted by Gasteiger charge is 2.19. The lowest BCUT2D eigenvalue weighted by molar-refractivity contribution is -0.167. The van der Waals surface area contributed by atoms with Gasteiger partial charge in [0.2, 0.25) is 0 Å². The molecule has 1 unspecified atom stereocenters. The van der Waals surface area contributed by atoms with Crippen LogP contribution in [0, 0.1) is 0 Å². The molecule has 0 aliphatic rings. The van der Waals surface area contributed by atoms with Crippen molar-refractivity contribution in [2.75, 3.05) is 13.2 Å². The lowest BCUT2D eigenvalue weighted by atomic mass is 10.1. The maximum Gasteiger partial charge on any atom is 0.306 e. The fourth-order valence-electron chi connectivity index (χ4n) is 7.73. The third-order valence-electron chi connectivity index (χ3n) is 12.1. The van der Waals surface area contributed by atoms with E-state index in [4.69, 9.17) is 14.2 Å². The van der Waals surface area contributed by atoms with Crippen LogP contribution in [0.15, 0.2) is 134 Å². The molecule has 0 aliphatic carbocycles. The van der Waals surface area contributed by atoms with Crippen LogP contribution in [0.5, 0.6) is 0 Å². The van der Waals surface area contributed by atoms with Crippen LogP contribution in [-0.4, -0.2) is 37.2 Å². The topological polar surface area (TPSA) is 78.9 Å². The molecule has 0 saturated carbocycles. The number of carbonyl (C=O) groups is 3. The van der Waals surface area contributed by atoms with Crippen LogP contribution in [0.3, 0.4) is 0 Å². The highest BCUT2D eigenvalue weighted by Crippen LogP contribution is 2.14. The molecule has 412 valence electrons. The van der Waals surface area contributed by atoms with Gasteiger partial charge in [-0.15, -0.1) is 0 Å². The van der Waals surface area contributed by atoms with Gasteiger partial charge in [-0.2, -0.15) is 0 Å². The quantitative estimate of drug-likeness (QED) is 0.0261. The standard InChI is InChI=1S/C67H108O6/c1-4-7-10-13-16-19-22-25-27-29-30-31-32-33-34-35-36-38-39-42-45-48-51-54-57-60-66(69)72-63-64(62-71-65(68)59-56-53-50-47-44-41-24-21-18-15-12-9-6-3)73-67(70)61-58-55-52-49-46-43-40-37-28-26-23-20-17-14-11-8-5-2/h7-8,10-11,16-17,19-21,24-28,30-31,33-34,40,43,49,52,64H,4-6,9,12-15,18,22-23,29,32,35-39,41-42,44-48,50-51,53-63H2,1-3H3/b10-7-,11-8-,19-16-,20-17-,24-21-,27-25-,28-26-,31-30-,34-33-,43-40-,52-49-. The predicted octanol–water partition coefficient (Wildman–Crippen LogP) is 20.2. The molecule has 0 saturated heterocycles. The zero-order valence-electron chi connectivity index (χ0n) is 47.1. The summed E-state index contributed by atoms with van der Waals surface area (Å²) in [6.45, 7) is 6.33. The minimum Gasteiger partial charge on any atom is -0.462 e. The van der Waals surface area contributed by atoms with Gasteiger partial charge >= 0.3 is 17.9 Å². The Morgan fingerprint density at radius 1 is 0.288 bits per heavy atom. The summed E-state index contributed by atoms with van der Waals surface area (Å²) in [5, 5.41) is 0. The van der Waals surface area contributed by atoms with Gasteiger partial charge in [0.05, 0.1) is 0 Å². The van der Waals surface area contributed by atoms with Crippen molar-refractivity contribution in [2.45, 2.75) is 258 Å². The van der Waals surface area contributed by atoms with E-state index in [-0.39, 0.29) is 37.5 Å². The van der Waals surface area contributed by atoms with Crippen LogP contribution in [0.2, 0.25) is 0 Å². The normalized spacial score (nSPS) is 13.1. The van der Waals surface area contributed by atoms with Crippen molar-refractivity contribution in [1.82, 2.24) is 0 Å². The largest absolute Gasteiger partial charge is 0.462 e. The molecule has 0 N–H and O–H groups in total. The van der Waals surface area contributed by atoms with Crippen molar-refractivity contribution >= 4 is 17.9 Å². The zero-order chi connectivity index (χ0) is 52.9. The average Bonchev–Trinajstić information content (AvgIpc) is 3.39. The first-order chi connectivity index (χ1) is 36.0. The average molecular weight is 1010 g/mol. The van der Waals surface area contributed by atoms with Gasteiger partial charge < -0.3 is 14.2 Å². The predicted molar refractivity (Wildman–Crippen MR) is 316 cm³/mol. The Labute approximate surface area is 449 Å². The van der Waals surface area contributed by atoms with Crippen molar-refractivity contribution in [3.8, 4) is 0 Å². The first-order valence-corrected chi connectivity index (χ1v) is 29.7. The molecule has 0 spiro atoms. The molecule has 0 amide bonds. The maximum absolute atomic E-state index is 12.8. The molecule has 0 aliphatic heterocycles. The molecule has 1 atom stereocenters. The van der Waals surface area contributed by atoms with E-state index in [9.17, 15) is 14.4 Å². The summed E-state index contributed by atoms with van der Waals surface area (Å²) in [7, 11) is 0. The van der Waals surface area contributed by atoms with Crippen LogP contribution in [-0.2, 0) is 28.6 Å². The number of rotatable bonds is 52. The molecule has 0 heterocycles. The maximum atomic E-state index is 12.8. The second-order valence-electron chi connectivity index (χ2n) is 19.1. The Kier molecular flexibility index (Phi) is 56.4. The van der Waals surface area contributed by atoms with E-state index >= 15 is 0 Å². The lowest BCUT2D eigenvalue weighted by Gasteiger charge is -2.18. The smallest absolute Gasteiger partial charge is 0.306 e. The summed E-state index contributed by atoms with van der Waals surface area (Å²) in [4.78, 5) is 38.2. The minimum absolute atomic E-state index is 0.110. The van der Waals surface area contributed by atoms with Crippen molar-refractivity contribution < 1.29 is 28.6 Å². The van der Waals surface area contributed by atoms with Gasteiger partial charge in [-0.25, -0.2) is 0 Å². The van der Waals surface area contributed by atoms with Gasteiger partial charge in [-0.3, -0.25) is 14.4 Å². The molecular weight excluding hydrogens is 901 g/mol. The van der Waals surface area contributed by atoms with E-state index in [1.54, 1.807) is 0 Å². The van der Waals surface area contributed by atoms with E-state index < -0.39 is 6.10 Å². The summed E-state index contributed by atoms with van der Waals surface area (Å²) < 4.78 is 16.8. The summed E-state index contributed by atoms with van der Waals surface area (Å²) in [6.07, 6.45) is 84.5. The Morgan fingerprint density at radius 3 is 0.890 bits per heavy atom. The van der Waals surface area contributed by atoms with Gasteiger partial charge in [0, 0.05) is 19.3 Å². The summed E-state index contributed by atoms with van der Waals surface area (Å²) in [6, 6.07) is 0. The van der Waals surface area contributed by atoms with Crippen LogP contribution in [0.25, 0.3) is 0 Å². The fourth-order valence-corrected chi connectivity index (χ4v) is 7.73. The van der Waals surface area contributed by atoms with Crippen LogP contribution < -0.4 is 0 Å². The summed E-state index contributed by atoms with van der Waals surface area (Å²) >= 11 is 0. The molecule has 0 aromatic carbocycles. The number of hydrogen-bond acceptors (Lipinski definition) is 6. The molecule has 0 fully saturated rings. The summed E-state index contributed by atoms with van der Waals surface area (Å²) in [5.74, 6) is -0.986. The van der Waals surface area contributed by atoms with Gasteiger partial charge in [0.15, 0.2) is 6.10 Å². The van der Waals surface area contributed by atoms with Crippen LogP contribution >= 0.6 is 0 Å². The first-order valence-electron chi connectivity index (χ1n) is 29.7. The van der Waals surface area contributed by atoms with Crippen molar-refractivity contribution in [1.29, 1.82) is 0 Å². The number of allylic oxidation sites excluding steroid dienone is 22. The molecule has 6 heteroatoms. The molecule has 0 bridgehead atoms. The highest BCUT2D eigenvalue weighted by atomic mass is 16.6. The van der Waals surface area contributed by atoms with Crippen molar-refractivity contribution in [3.05, 3.63) is 134 Å². The van der Waals surface area contributed by atoms with E-state index in [0.29, 0.717) is 19.3 Å². The third-order valence-corrected chi connectivity index (χ3v) is 12.1. The highest BCUT2D eigenvalue weighted by molar-refractivity contribution is 5.71. The number of hydrogen-bond donors (Lipinski definition) is 0. The van der Waals surface area contributed by atoms with Gasteiger partial charge in [-0.1, -0.05) is 238 Å². The first kappa shape index (κ1) is 68.6. The molecule has 6 nitrogen and oxygen atoms in total. The monoisotopic (exact) mass is 1010 g/mol. The summed E-state index contributed by atoms with van der Waals surface area (Å²) in [5.41, 5.74) is 0. The zero-order valence-corrected chi connectivity index (χ0v) is 47.1. The third kappa shape index (κ3) is 58.3. The molecular formula is C67H108O6. The molecule has 73 heavy (non-hydrogen) atoms. The minimum atomic E-state index is -0.819. The fraction of sp³-hybridized carbons (Fsp3) is 0.627. The number of unbranched alkanes of at least 4 members (excludes halogenated alkanes) is 19. The van der Waals surface area contributed by atoms with E-state index in [2.05, 4.69) is 154 Å². The number of esters is 3. The van der Waals surface area contributed by atoms with Gasteiger partial charge in [-0.05, 0) is 128 Å². The lowest BCUT2D eigenvalue weighted by Crippen LogP contribution is -2.30. The van der Waals surface area contributed by atoms with Crippen LogP contribution in [0.1, 0.15) is 252 Å². The second-order valence-corrected chi connectivity index (χ2v) is 19.1. The Bertz CT molecular complexity index is 1580. The van der Waals surface area contributed by atoms with E-state index in [0.717, 1.165) is 128 Å². The Balaban J connectivity index is 4.43. The van der Waals surface area contributed by atoms with Crippen LogP contribution in [0.4, 0.5) is 0 Å². The van der Waals surface area contributed by atoms with E-state index in [1.807, 2.05) is 0 Å². The Hall–Kier alpha value is -4.45. The SMILES string of the molecule is CC/C=C\C/C=C\C/C=C\C/C=C\C/C=C\CCCCCCCCCCCC(=O)OCC(COC(=O)CCCCCCC/C=C\CCCCCC)OC(=O)CCC/C=C\C/C=C\C/C=C\C/C=C\C/C=C\CC. The molecule has 0 aromatic rings. The number of ether oxygens (including phenoxy) is 3. The molecule has 0 rings (SSSR count). The van der Waals surface area contributed by atoms with Crippen molar-refractivity contribution in [2.24, 2.45) is 0 Å². The van der Waals surface area contributed by atoms with Gasteiger partial charge in [0.1, 0.15) is 13.2 Å². The molecule has 0 radical (unpaired) electrons. The van der Waals surface area contributed by atoms with Crippen molar-refractivity contribution in [3.63, 3.8) is 0 Å².